The minimum absolute atomic E-state index is 1.10. The van der Waals surface area contributed by atoms with Crippen molar-refractivity contribution in [3.05, 3.63) is 437 Å². The summed E-state index contributed by atoms with van der Waals surface area (Å²) in [4.78, 5) is 4.75. The van der Waals surface area contributed by atoms with E-state index in [1.165, 1.54) is 152 Å². The summed E-state index contributed by atoms with van der Waals surface area (Å²) < 4.78 is 10.1. The Morgan fingerprint density at radius 3 is 0.723 bits per heavy atom. The van der Waals surface area contributed by atoms with Crippen molar-refractivity contribution in [1.29, 1.82) is 0 Å². The third-order valence-corrected chi connectivity index (χ3v) is 24.1. The summed E-state index contributed by atoms with van der Waals surface area (Å²) in [7, 11) is 0. The summed E-state index contributed by atoms with van der Waals surface area (Å²) in [5, 5.41) is 5.12. The lowest BCUT2D eigenvalue weighted by atomic mass is 9.99. The topological polar surface area (TPSA) is 16.3 Å². The lowest BCUT2D eigenvalue weighted by Gasteiger charge is -2.26. The Morgan fingerprint density at radius 1 is 0.170 bits per heavy atom. The summed E-state index contributed by atoms with van der Waals surface area (Å²) in [5.74, 6) is 0. The zero-order chi connectivity index (χ0) is 74.3. The summed E-state index contributed by atoms with van der Waals surface area (Å²) in [6, 6.07) is 158. The van der Waals surface area contributed by atoms with E-state index in [9.17, 15) is 0 Å². The molecule has 0 aliphatic heterocycles. The molecule has 0 atom stereocenters. The summed E-state index contributed by atoms with van der Waals surface area (Å²) in [5.41, 5.74) is 30.9. The first-order chi connectivity index (χ1) is 55.6. The largest absolute Gasteiger partial charge is 0.310 e. The van der Waals surface area contributed by atoms with E-state index in [4.69, 9.17) is 0 Å². The molecule has 0 radical (unpaired) electrons. The van der Waals surface area contributed by atoms with Gasteiger partial charge in [0.05, 0.1) is 31.5 Å². The van der Waals surface area contributed by atoms with Crippen LogP contribution in [-0.4, -0.2) is 9.13 Å². The summed E-state index contributed by atoms with van der Waals surface area (Å²) in [6.45, 7) is 0. The van der Waals surface area contributed by atoms with Crippen LogP contribution in [0.1, 0.15) is 0 Å². The molecule has 0 unspecified atom stereocenters. The second-order valence-corrected chi connectivity index (χ2v) is 30.3. The van der Waals surface area contributed by atoms with Gasteiger partial charge < -0.3 is 18.9 Å². The first kappa shape index (κ1) is 67.2. The van der Waals surface area contributed by atoms with Crippen LogP contribution in [-0.2, 0) is 0 Å². The minimum atomic E-state index is 1.10. The van der Waals surface area contributed by atoms with Gasteiger partial charge in [0, 0.05) is 76.4 Å². The van der Waals surface area contributed by atoms with Crippen LogP contribution in [0.25, 0.3) is 152 Å². The minimum Gasteiger partial charge on any atom is -0.310 e. The molecule has 4 aromatic heterocycles. The van der Waals surface area contributed by atoms with Gasteiger partial charge in [0.1, 0.15) is 0 Å². The maximum atomic E-state index is 2.44. The second kappa shape index (κ2) is 29.4. The Bertz CT molecular complexity index is 6830. The predicted octanol–water partition coefficient (Wildman–Crippen LogP) is 30.6. The van der Waals surface area contributed by atoms with Crippen molar-refractivity contribution in [2.24, 2.45) is 0 Å². The standard InChI is InChI=1S/C56H38N2S.C50H34N2S/c1-4-14-39(15-5-1)41-26-28-42(29-27-41)44-32-36-48(37-33-44)57(47-34-30-43(31-35-47)40-16-6-2-7-17-40)49-21-12-18-45(38-49)50-23-13-24-52-54-56(59-55(50)52)51-22-10-11-25-53(51)58(54)46-19-8-3-9-20-46;1-4-14-35(15-5-1)37-26-30-41(31-27-37)51(42-32-28-38(29-33-42)36-16-6-2-7-17-36)43-21-12-18-39(34-43)44-23-13-24-46-48-50(53-49(44)46)45-22-10-11-25-47(45)52(48)40-19-8-3-9-20-40/h1-38H;1-34H. The number of fused-ring (bicyclic) bond motifs is 10. The lowest BCUT2D eigenvalue weighted by Crippen LogP contribution is -2.10. The highest BCUT2D eigenvalue weighted by atomic mass is 32.1. The van der Waals surface area contributed by atoms with Gasteiger partial charge in [0.15, 0.2) is 0 Å². The summed E-state index contributed by atoms with van der Waals surface area (Å²) >= 11 is 3.80. The maximum Gasteiger partial charge on any atom is 0.0727 e. The zero-order valence-electron chi connectivity index (χ0n) is 61.2. The highest BCUT2D eigenvalue weighted by molar-refractivity contribution is 7.27. The molecule has 0 saturated carbocycles. The molecular formula is C106H72N4S2. The van der Waals surface area contributed by atoms with E-state index in [-0.39, 0.29) is 0 Å². The van der Waals surface area contributed by atoms with Crippen LogP contribution in [0.15, 0.2) is 437 Å². The predicted molar refractivity (Wildman–Crippen MR) is 480 cm³/mol. The fourth-order valence-corrected chi connectivity index (χ4v) is 18.9. The van der Waals surface area contributed by atoms with Crippen LogP contribution in [0.4, 0.5) is 34.1 Å². The van der Waals surface area contributed by atoms with Gasteiger partial charge in [-0.25, -0.2) is 0 Å². The maximum absolute atomic E-state index is 2.44. The molecule has 528 valence electrons. The third-order valence-electron chi connectivity index (χ3n) is 21.6. The summed E-state index contributed by atoms with van der Waals surface area (Å²) in [6.07, 6.45) is 0. The Morgan fingerprint density at radius 2 is 0.411 bits per heavy atom. The fourth-order valence-electron chi connectivity index (χ4n) is 16.2. The Balaban J connectivity index is 0.000000147. The van der Waals surface area contributed by atoms with Gasteiger partial charge in [-0.3, -0.25) is 0 Å². The van der Waals surface area contributed by atoms with Crippen molar-refractivity contribution >= 4 is 119 Å². The molecule has 0 saturated heterocycles. The molecular weight excluding hydrogens is 1390 g/mol. The third kappa shape index (κ3) is 12.6. The van der Waals surface area contributed by atoms with Gasteiger partial charge in [-0.2, -0.15) is 0 Å². The highest BCUT2D eigenvalue weighted by Gasteiger charge is 2.24. The smallest absolute Gasteiger partial charge is 0.0727 e. The Kier molecular flexibility index (Phi) is 17.7. The number of benzene rings is 17. The van der Waals surface area contributed by atoms with Crippen molar-refractivity contribution < 1.29 is 0 Å². The quantitative estimate of drug-likeness (QED) is 0.102. The molecule has 0 spiro atoms. The van der Waals surface area contributed by atoms with Crippen molar-refractivity contribution in [3.8, 4) is 89.3 Å². The molecule has 21 aromatic rings. The van der Waals surface area contributed by atoms with Gasteiger partial charge in [-0.1, -0.05) is 328 Å². The van der Waals surface area contributed by atoms with Crippen LogP contribution >= 0.6 is 22.7 Å². The van der Waals surface area contributed by atoms with E-state index in [0.29, 0.717) is 0 Å². The molecule has 0 aliphatic carbocycles. The molecule has 112 heavy (non-hydrogen) atoms. The SMILES string of the molecule is c1ccc(-c2ccc(-c3ccc(N(c4ccc(-c5ccccc5)cc4)c4cccc(-c5cccc6c5sc5c7ccccc7n(-c7ccccc7)c65)c4)cc3)cc2)cc1.c1ccc(-c2ccc(N(c3ccc(-c4ccccc4)cc3)c3cccc(-c4cccc5c4sc4c6ccccc6n(-c6ccccc6)c54)c3)cc2)cc1. The molecule has 0 bridgehead atoms. The van der Waals surface area contributed by atoms with Gasteiger partial charge in [0.2, 0.25) is 0 Å². The number of aromatic nitrogens is 2. The monoisotopic (exact) mass is 1460 g/mol. The number of anilines is 6. The van der Waals surface area contributed by atoms with Crippen molar-refractivity contribution in [1.82, 2.24) is 9.13 Å². The molecule has 0 fully saturated rings. The van der Waals surface area contributed by atoms with E-state index in [0.717, 1.165) is 34.1 Å². The Labute approximate surface area is 659 Å². The molecule has 21 rings (SSSR count). The molecule has 6 heteroatoms. The van der Waals surface area contributed by atoms with Crippen LogP contribution in [0.2, 0.25) is 0 Å². The number of hydrogen-bond donors (Lipinski definition) is 0. The number of nitrogens with zero attached hydrogens (tertiary/aromatic N) is 4. The van der Waals surface area contributed by atoms with E-state index in [2.05, 4.69) is 456 Å². The fraction of sp³-hybridized carbons (Fsp3) is 0. The van der Waals surface area contributed by atoms with E-state index in [1.54, 1.807) is 0 Å². The lowest BCUT2D eigenvalue weighted by molar-refractivity contribution is 1.19. The molecule has 0 amide bonds. The van der Waals surface area contributed by atoms with Gasteiger partial charge in [0.25, 0.3) is 0 Å². The zero-order valence-corrected chi connectivity index (χ0v) is 62.8. The second-order valence-electron chi connectivity index (χ2n) is 28.3. The molecule has 4 heterocycles. The molecule has 0 aliphatic rings. The first-order valence-corrected chi connectivity index (χ1v) is 39.7. The number of rotatable bonds is 15. The van der Waals surface area contributed by atoms with Crippen molar-refractivity contribution in [2.75, 3.05) is 9.80 Å². The number of para-hydroxylation sites is 4. The number of thiophene rings is 2. The van der Waals surface area contributed by atoms with E-state index < -0.39 is 0 Å². The van der Waals surface area contributed by atoms with E-state index >= 15 is 0 Å². The van der Waals surface area contributed by atoms with Crippen molar-refractivity contribution in [3.63, 3.8) is 0 Å². The Hall–Kier alpha value is -14.1. The highest BCUT2D eigenvalue weighted by Crippen LogP contribution is 2.50. The van der Waals surface area contributed by atoms with Gasteiger partial charge in [-0.05, 0) is 187 Å². The first-order valence-electron chi connectivity index (χ1n) is 38.1. The normalized spacial score (nSPS) is 11.4. The van der Waals surface area contributed by atoms with Crippen molar-refractivity contribution in [2.45, 2.75) is 0 Å². The molecule has 17 aromatic carbocycles. The average Bonchev–Trinajstić information content (AvgIpc) is 1.57. The van der Waals surface area contributed by atoms with Gasteiger partial charge in [-0.15, -0.1) is 22.7 Å². The van der Waals surface area contributed by atoms with Crippen LogP contribution in [0.5, 0.6) is 0 Å². The van der Waals surface area contributed by atoms with Gasteiger partial charge >= 0.3 is 0 Å². The molecule has 0 N–H and O–H groups in total. The van der Waals surface area contributed by atoms with Crippen LogP contribution in [0, 0.1) is 0 Å². The average molecular weight is 1470 g/mol. The molecule has 4 nitrogen and oxygen atoms in total. The van der Waals surface area contributed by atoms with Crippen LogP contribution < -0.4 is 9.80 Å². The van der Waals surface area contributed by atoms with Crippen LogP contribution in [0.3, 0.4) is 0 Å². The van der Waals surface area contributed by atoms with E-state index in [1.807, 2.05) is 22.7 Å². The number of hydrogen-bond acceptors (Lipinski definition) is 4.